The summed E-state index contributed by atoms with van der Waals surface area (Å²) < 4.78 is 16.8. The Bertz CT molecular complexity index is 1270. The van der Waals surface area contributed by atoms with Crippen LogP contribution in [0.2, 0.25) is 0 Å². The first-order valence-electron chi connectivity index (χ1n) is 28.9. The fourth-order valence-electron chi connectivity index (χ4n) is 8.15. The van der Waals surface area contributed by atoms with Gasteiger partial charge in [-0.1, -0.05) is 267 Å². The molecular formula is C62H108O6. The third kappa shape index (κ3) is 53.8. The van der Waals surface area contributed by atoms with Crippen molar-refractivity contribution in [3.05, 3.63) is 72.9 Å². The lowest BCUT2D eigenvalue weighted by Gasteiger charge is -2.18. The van der Waals surface area contributed by atoms with Gasteiger partial charge in [0.05, 0.1) is 0 Å². The molecule has 6 heteroatoms. The molecular weight excluding hydrogens is 841 g/mol. The van der Waals surface area contributed by atoms with Gasteiger partial charge in [-0.25, -0.2) is 0 Å². The van der Waals surface area contributed by atoms with Crippen LogP contribution in [0, 0.1) is 0 Å². The maximum atomic E-state index is 12.8. The summed E-state index contributed by atoms with van der Waals surface area (Å²) in [4.78, 5) is 37.9. The molecule has 0 heterocycles. The molecule has 0 amide bonds. The van der Waals surface area contributed by atoms with Gasteiger partial charge in [-0.15, -0.1) is 0 Å². The monoisotopic (exact) mass is 949 g/mol. The van der Waals surface area contributed by atoms with E-state index in [0.717, 1.165) is 89.9 Å². The Labute approximate surface area is 421 Å². The predicted molar refractivity (Wildman–Crippen MR) is 293 cm³/mol. The molecule has 0 rings (SSSR count). The Morgan fingerprint density at radius 1 is 0.309 bits per heavy atom. The van der Waals surface area contributed by atoms with E-state index in [4.69, 9.17) is 14.2 Å². The van der Waals surface area contributed by atoms with E-state index in [0.29, 0.717) is 19.3 Å². The molecule has 0 saturated heterocycles. The number of hydrogen-bond acceptors (Lipinski definition) is 6. The summed E-state index contributed by atoms with van der Waals surface area (Å²) >= 11 is 0. The maximum absolute atomic E-state index is 12.8. The van der Waals surface area contributed by atoms with Gasteiger partial charge in [0.25, 0.3) is 0 Å². The van der Waals surface area contributed by atoms with Gasteiger partial charge in [0.1, 0.15) is 13.2 Å². The number of carbonyl (C=O) groups is 3. The first-order valence-corrected chi connectivity index (χ1v) is 28.9. The zero-order valence-electron chi connectivity index (χ0n) is 44.9. The van der Waals surface area contributed by atoms with Crippen LogP contribution in [0.25, 0.3) is 0 Å². The van der Waals surface area contributed by atoms with Crippen molar-refractivity contribution < 1.29 is 28.6 Å². The van der Waals surface area contributed by atoms with Gasteiger partial charge < -0.3 is 14.2 Å². The van der Waals surface area contributed by atoms with E-state index >= 15 is 0 Å². The molecule has 6 nitrogen and oxygen atoms in total. The summed E-state index contributed by atoms with van der Waals surface area (Å²) in [6, 6.07) is 0. The van der Waals surface area contributed by atoms with E-state index in [-0.39, 0.29) is 37.5 Å². The minimum atomic E-state index is -0.794. The highest BCUT2D eigenvalue weighted by molar-refractivity contribution is 5.71. The van der Waals surface area contributed by atoms with Crippen LogP contribution in [0.1, 0.15) is 284 Å². The van der Waals surface area contributed by atoms with Crippen LogP contribution in [0.15, 0.2) is 72.9 Å². The number of allylic oxidation sites excluding steroid dienone is 12. The minimum Gasteiger partial charge on any atom is -0.462 e. The zero-order chi connectivity index (χ0) is 49.3. The summed E-state index contributed by atoms with van der Waals surface area (Å²) in [7, 11) is 0. The van der Waals surface area contributed by atoms with Crippen molar-refractivity contribution in [2.45, 2.75) is 290 Å². The second kappa shape index (κ2) is 56.4. The molecule has 0 saturated carbocycles. The van der Waals surface area contributed by atoms with Crippen LogP contribution in [-0.2, 0) is 28.6 Å². The summed E-state index contributed by atoms with van der Waals surface area (Å²) in [5, 5.41) is 0. The molecule has 1 unspecified atom stereocenters. The topological polar surface area (TPSA) is 78.9 Å². The van der Waals surface area contributed by atoms with E-state index in [1.54, 1.807) is 0 Å². The Morgan fingerprint density at radius 2 is 0.574 bits per heavy atom. The molecule has 0 spiro atoms. The van der Waals surface area contributed by atoms with Crippen molar-refractivity contribution in [2.24, 2.45) is 0 Å². The normalized spacial score (nSPS) is 12.6. The fraction of sp³-hybridized carbons (Fsp3) is 0.758. The molecule has 0 bridgehead atoms. The van der Waals surface area contributed by atoms with Gasteiger partial charge in [-0.05, 0) is 70.6 Å². The molecule has 392 valence electrons. The quantitative estimate of drug-likeness (QED) is 0.0262. The lowest BCUT2D eigenvalue weighted by atomic mass is 10.0. The summed E-state index contributed by atoms with van der Waals surface area (Å²) in [6.07, 6.45) is 72.1. The molecule has 0 aliphatic rings. The second-order valence-electron chi connectivity index (χ2n) is 19.2. The Balaban J connectivity index is 4.25. The molecule has 0 fully saturated rings. The highest BCUT2D eigenvalue weighted by Gasteiger charge is 2.19. The number of ether oxygens (including phenoxy) is 3. The first-order chi connectivity index (χ1) is 33.5. The fourth-order valence-corrected chi connectivity index (χ4v) is 8.15. The Kier molecular flexibility index (Phi) is 53.8. The van der Waals surface area contributed by atoms with E-state index < -0.39 is 6.10 Å². The molecule has 0 aliphatic heterocycles. The molecule has 0 aliphatic carbocycles. The average Bonchev–Trinajstić information content (AvgIpc) is 3.34. The van der Waals surface area contributed by atoms with Crippen LogP contribution >= 0.6 is 0 Å². The van der Waals surface area contributed by atoms with E-state index in [9.17, 15) is 14.4 Å². The first kappa shape index (κ1) is 64.8. The summed E-state index contributed by atoms with van der Waals surface area (Å²) in [5.74, 6) is -0.932. The largest absolute Gasteiger partial charge is 0.462 e. The lowest BCUT2D eigenvalue weighted by Crippen LogP contribution is -2.30. The van der Waals surface area contributed by atoms with Gasteiger partial charge in [0, 0.05) is 19.3 Å². The van der Waals surface area contributed by atoms with Gasteiger partial charge >= 0.3 is 17.9 Å². The second-order valence-corrected chi connectivity index (χ2v) is 19.2. The lowest BCUT2D eigenvalue weighted by molar-refractivity contribution is -0.167. The molecule has 0 radical (unpaired) electrons. The van der Waals surface area contributed by atoms with Crippen molar-refractivity contribution in [1.29, 1.82) is 0 Å². The SMILES string of the molecule is CC/C=C\C/C=C\C/C=C\C/C=C\C/C=C\C/C=C\CCCCC(=O)OC(COC(=O)CCCCCCCCC)COC(=O)CCCCCCCCCCCCCCCCCCCCCCCC. The van der Waals surface area contributed by atoms with Crippen molar-refractivity contribution in [3.63, 3.8) is 0 Å². The van der Waals surface area contributed by atoms with Crippen molar-refractivity contribution in [2.75, 3.05) is 13.2 Å². The van der Waals surface area contributed by atoms with E-state index in [1.807, 2.05) is 0 Å². The van der Waals surface area contributed by atoms with E-state index in [1.165, 1.54) is 148 Å². The predicted octanol–water partition coefficient (Wildman–Crippen LogP) is 19.4. The van der Waals surface area contributed by atoms with Crippen LogP contribution in [0.5, 0.6) is 0 Å². The third-order valence-corrected chi connectivity index (χ3v) is 12.5. The summed E-state index contributed by atoms with van der Waals surface area (Å²) in [6.45, 7) is 6.47. The molecule has 0 aromatic rings. The Morgan fingerprint density at radius 3 is 0.897 bits per heavy atom. The number of carbonyl (C=O) groups excluding carboxylic acids is 3. The molecule has 0 aromatic heterocycles. The number of unbranched alkanes of at least 4 members (excludes halogenated alkanes) is 29. The van der Waals surface area contributed by atoms with E-state index in [2.05, 4.69) is 93.7 Å². The van der Waals surface area contributed by atoms with Crippen molar-refractivity contribution in [3.8, 4) is 0 Å². The van der Waals surface area contributed by atoms with Gasteiger partial charge in [0.15, 0.2) is 6.10 Å². The number of esters is 3. The van der Waals surface area contributed by atoms with Gasteiger partial charge in [-0.2, -0.15) is 0 Å². The highest BCUT2D eigenvalue weighted by Crippen LogP contribution is 2.16. The molecule has 0 aromatic carbocycles. The zero-order valence-corrected chi connectivity index (χ0v) is 44.9. The van der Waals surface area contributed by atoms with Crippen LogP contribution in [-0.4, -0.2) is 37.2 Å². The number of rotatable bonds is 52. The van der Waals surface area contributed by atoms with Crippen molar-refractivity contribution >= 4 is 17.9 Å². The van der Waals surface area contributed by atoms with Crippen molar-refractivity contribution in [1.82, 2.24) is 0 Å². The Hall–Kier alpha value is -3.15. The molecule has 68 heavy (non-hydrogen) atoms. The highest BCUT2D eigenvalue weighted by atomic mass is 16.6. The van der Waals surface area contributed by atoms with Crippen LogP contribution < -0.4 is 0 Å². The standard InChI is InChI=1S/C62H108O6/c1-4-7-10-13-16-18-20-22-24-26-28-30-32-33-35-37-39-41-43-46-49-52-55-61(64)67-58-59(57-66-60(63)54-51-48-45-15-12-9-6-3)68-62(65)56-53-50-47-44-42-40-38-36-34-31-29-27-25-23-21-19-17-14-11-8-5-2/h8,11,17,19,23,25,29,31,36,38,42,44,59H,4-7,9-10,12-16,18,20-22,24,26-28,30,32-35,37,39-41,43,45-58H2,1-3H3/b11-8-,19-17-,25-23-,31-29-,38-36-,44-42-. The minimum absolute atomic E-state index is 0.0902. The maximum Gasteiger partial charge on any atom is 0.306 e. The van der Waals surface area contributed by atoms with Crippen LogP contribution in [0.4, 0.5) is 0 Å². The van der Waals surface area contributed by atoms with Gasteiger partial charge in [-0.3, -0.25) is 14.4 Å². The molecule has 1 atom stereocenters. The third-order valence-electron chi connectivity index (χ3n) is 12.5. The number of hydrogen-bond donors (Lipinski definition) is 0. The summed E-state index contributed by atoms with van der Waals surface area (Å²) in [5.41, 5.74) is 0. The molecule has 0 N–H and O–H groups in total. The van der Waals surface area contributed by atoms with Crippen LogP contribution in [0.3, 0.4) is 0 Å². The van der Waals surface area contributed by atoms with Gasteiger partial charge in [0.2, 0.25) is 0 Å². The average molecular weight is 950 g/mol. The smallest absolute Gasteiger partial charge is 0.306 e.